The van der Waals surface area contributed by atoms with Crippen LogP contribution in [0.3, 0.4) is 0 Å². The summed E-state index contributed by atoms with van der Waals surface area (Å²) in [5.41, 5.74) is 2.43. The van der Waals surface area contributed by atoms with Crippen molar-refractivity contribution in [3.05, 3.63) is 65.4 Å². The first kappa shape index (κ1) is 18.3. The number of amides is 1. The third-order valence-corrected chi connectivity index (χ3v) is 4.15. The molecule has 0 spiro atoms. The molecule has 7 nitrogen and oxygen atoms in total. The van der Waals surface area contributed by atoms with Crippen LogP contribution < -0.4 is 0 Å². The summed E-state index contributed by atoms with van der Waals surface area (Å²) in [7, 11) is 0. The highest BCUT2D eigenvalue weighted by Crippen LogP contribution is 2.21. The Bertz CT molecular complexity index is 973. The van der Waals surface area contributed by atoms with Gasteiger partial charge in [-0.1, -0.05) is 24.2 Å². The Morgan fingerprint density at radius 3 is 2.63 bits per heavy atom. The molecule has 0 aliphatic heterocycles. The molecule has 0 fully saturated rings. The first-order valence-electron chi connectivity index (χ1n) is 8.72. The van der Waals surface area contributed by atoms with Crippen LogP contribution in [0.1, 0.15) is 41.5 Å². The number of rotatable bonds is 6. The van der Waals surface area contributed by atoms with Crippen LogP contribution in [0, 0.1) is 11.3 Å². The normalized spacial score (nSPS) is 10.4. The van der Waals surface area contributed by atoms with Crippen LogP contribution in [0.2, 0.25) is 0 Å². The lowest BCUT2D eigenvalue weighted by Crippen LogP contribution is -2.30. The predicted octanol–water partition coefficient (Wildman–Crippen LogP) is 3.23. The number of pyridine rings is 1. The monoisotopic (exact) mass is 361 g/mol. The molecule has 0 aliphatic carbocycles. The van der Waals surface area contributed by atoms with Crippen molar-refractivity contribution in [3.63, 3.8) is 0 Å². The van der Waals surface area contributed by atoms with Gasteiger partial charge in [0, 0.05) is 30.3 Å². The number of aromatic nitrogens is 3. The third kappa shape index (κ3) is 4.01. The maximum absolute atomic E-state index is 12.8. The van der Waals surface area contributed by atoms with Gasteiger partial charge in [0.2, 0.25) is 5.89 Å². The van der Waals surface area contributed by atoms with Gasteiger partial charge in [-0.25, -0.2) is 0 Å². The van der Waals surface area contributed by atoms with Crippen molar-refractivity contribution >= 4 is 5.91 Å². The van der Waals surface area contributed by atoms with Gasteiger partial charge in [-0.2, -0.15) is 10.2 Å². The number of carbonyl (C=O) groups excluding carboxylic acids is 1. The Morgan fingerprint density at radius 2 is 2.00 bits per heavy atom. The average molecular weight is 361 g/mol. The van der Waals surface area contributed by atoms with Gasteiger partial charge in [0.1, 0.15) is 12.6 Å². The summed E-state index contributed by atoms with van der Waals surface area (Å²) >= 11 is 0. The summed E-state index contributed by atoms with van der Waals surface area (Å²) in [5, 5.41) is 13.1. The molecule has 0 atom stereocenters. The van der Waals surface area contributed by atoms with Crippen molar-refractivity contribution in [1.29, 1.82) is 5.26 Å². The summed E-state index contributed by atoms with van der Waals surface area (Å²) in [5.74, 6) is 0.925. The summed E-state index contributed by atoms with van der Waals surface area (Å²) in [6.07, 6.45) is 2.33. The van der Waals surface area contributed by atoms with Gasteiger partial charge in [0.25, 0.3) is 5.91 Å². The quantitative estimate of drug-likeness (QED) is 0.669. The third-order valence-electron chi connectivity index (χ3n) is 4.15. The van der Waals surface area contributed by atoms with Crippen LogP contribution in [0.15, 0.2) is 47.1 Å². The van der Waals surface area contributed by atoms with Gasteiger partial charge in [-0.15, -0.1) is 0 Å². The maximum Gasteiger partial charge on any atom is 0.254 e. The second kappa shape index (κ2) is 8.23. The van der Waals surface area contributed by atoms with Gasteiger partial charge in [0.15, 0.2) is 5.82 Å². The molecular formula is C20H19N5O2. The first-order chi connectivity index (χ1) is 13.2. The highest BCUT2D eigenvalue weighted by molar-refractivity contribution is 5.94. The molecule has 27 heavy (non-hydrogen) atoms. The van der Waals surface area contributed by atoms with Crippen LogP contribution in [0.5, 0.6) is 0 Å². The molecule has 2 heterocycles. The zero-order valence-corrected chi connectivity index (χ0v) is 15.2. The fourth-order valence-electron chi connectivity index (χ4n) is 2.67. The molecule has 0 aliphatic rings. The standard InChI is InChI=1S/C20H19N5O2/c1-3-17-23-18(27-24-17)13-25(4-2)20(26)15-9-7-14(8-10-15)19-16(12-21)6-5-11-22-19/h5-11H,3-4,13H2,1-2H3. The molecule has 0 radical (unpaired) electrons. The van der Waals surface area contributed by atoms with Crippen molar-refractivity contribution in [2.24, 2.45) is 0 Å². The summed E-state index contributed by atoms with van der Waals surface area (Å²) in [4.78, 5) is 23.0. The van der Waals surface area contributed by atoms with E-state index in [4.69, 9.17) is 4.52 Å². The van der Waals surface area contributed by atoms with Crippen LogP contribution in [0.25, 0.3) is 11.3 Å². The lowest BCUT2D eigenvalue weighted by Gasteiger charge is -2.19. The van der Waals surface area contributed by atoms with E-state index >= 15 is 0 Å². The fourth-order valence-corrected chi connectivity index (χ4v) is 2.67. The molecule has 3 rings (SSSR count). The highest BCUT2D eigenvalue weighted by Gasteiger charge is 2.18. The molecule has 0 saturated heterocycles. The average Bonchev–Trinajstić information content (AvgIpc) is 3.19. The molecule has 2 aromatic heterocycles. The van der Waals surface area contributed by atoms with Crippen LogP contribution in [-0.2, 0) is 13.0 Å². The van der Waals surface area contributed by atoms with Crippen molar-refractivity contribution < 1.29 is 9.32 Å². The van der Waals surface area contributed by atoms with Crippen LogP contribution in [-0.4, -0.2) is 32.5 Å². The van der Waals surface area contributed by atoms with E-state index in [0.717, 1.165) is 5.56 Å². The molecule has 0 N–H and O–H groups in total. The minimum atomic E-state index is -0.123. The Kier molecular flexibility index (Phi) is 5.57. The lowest BCUT2D eigenvalue weighted by atomic mass is 10.0. The van der Waals surface area contributed by atoms with E-state index in [9.17, 15) is 10.1 Å². The number of hydrogen-bond donors (Lipinski definition) is 0. The molecule has 0 saturated carbocycles. The molecule has 7 heteroatoms. The molecule has 0 unspecified atom stereocenters. The maximum atomic E-state index is 12.8. The molecule has 1 amide bonds. The minimum absolute atomic E-state index is 0.123. The van der Waals surface area contributed by atoms with E-state index in [-0.39, 0.29) is 12.5 Å². The molecule has 0 bridgehead atoms. The van der Waals surface area contributed by atoms with E-state index in [2.05, 4.69) is 21.2 Å². The number of hydrogen-bond acceptors (Lipinski definition) is 6. The molecular weight excluding hydrogens is 342 g/mol. The van der Waals surface area contributed by atoms with Crippen molar-refractivity contribution in [2.45, 2.75) is 26.8 Å². The molecule has 3 aromatic rings. The fraction of sp³-hybridized carbons (Fsp3) is 0.250. The van der Waals surface area contributed by atoms with Gasteiger partial charge in [-0.3, -0.25) is 9.78 Å². The summed E-state index contributed by atoms with van der Waals surface area (Å²) < 4.78 is 5.18. The zero-order valence-electron chi connectivity index (χ0n) is 15.2. The smallest absolute Gasteiger partial charge is 0.254 e. The SMILES string of the molecule is CCc1noc(CN(CC)C(=O)c2ccc(-c3ncccc3C#N)cc2)n1. The van der Waals surface area contributed by atoms with Gasteiger partial charge in [-0.05, 0) is 31.2 Å². The van der Waals surface area contributed by atoms with Crippen molar-refractivity contribution in [3.8, 4) is 17.3 Å². The van der Waals surface area contributed by atoms with Gasteiger partial charge < -0.3 is 9.42 Å². The number of nitrogens with zero attached hydrogens (tertiary/aromatic N) is 5. The summed E-state index contributed by atoms with van der Waals surface area (Å²) in [6, 6.07) is 12.6. The molecule has 1 aromatic carbocycles. The van der Waals surface area contributed by atoms with Crippen LogP contribution >= 0.6 is 0 Å². The summed E-state index contributed by atoms with van der Waals surface area (Å²) in [6.45, 7) is 4.63. The lowest BCUT2D eigenvalue weighted by molar-refractivity contribution is 0.0734. The number of benzene rings is 1. The molecule has 136 valence electrons. The van der Waals surface area contributed by atoms with Crippen LogP contribution in [0.4, 0.5) is 0 Å². The van der Waals surface area contributed by atoms with E-state index in [1.165, 1.54) is 0 Å². The van der Waals surface area contributed by atoms with E-state index in [0.29, 0.717) is 41.5 Å². The second-order valence-corrected chi connectivity index (χ2v) is 5.87. The Hall–Kier alpha value is -3.53. The number of aryl methyl sites for hydroxylation is 1. The Morgan fingerprint density at radius 1 is 1.22 bits per heavy atom. The highest BCUT2D eigenvalue weighted by atomic mass is 16.5. The minimum Gasteiger partial charge on any atom is -0.337 e. The first-order valence-corrected chi connectivity index (χ1v) is 8.72. The topological polar surface area (TPSA) is 95.9 Å². The number of carbonyl (C=O) groups is 1. The zero-order chi connectivity index (χ0) is 19.2. The van der Waals surface area contributed by atoms with E-state index in [1.54, 1.807) is 47.5 Å². The van der Waals surface area contributed by atoms with Gasteiger partial charge in [0.05, 0.1) is 11.3 Å². The number of nitriles is 1. The predicted molar refractivity (Wildman–Crippen MR) is 98.5 cm³/mol. The van der Waals surface area contributed by atoms with Crippen molar-refractivity contribution in [2.75, 3.05) is 6.54 Å². The largest absolute Gasteiger partial charge is 0.337 e. The Balaban J connectivity index is 1.78. The van der Waals surface area contributed by atoms with Gasteiger partial charge >= 0.3 is 0 Å². The second-order valence-electron chi connectivity index (χ2n) is 5.87. The van der Waals surface area contributed by atoms with Crippen molar-refractivity contribution in [1.82, 2.24) is 20.0 Å². The Labute approximate surface area is 157 Å². The van der Waals surface area contributed by atoms with E-state index in [1.807, 2.05) is 13.8 Å². The van der Waals surface area contributed by atoms with E-state index < -0.39 is 0 Å².